The second-order valence-electron chi connectivity index (χ2n) is 7.07. The van der Waals surface area contributed by atoms with Gasteiger partial charge < -0.3 is 14.9 Å². The Morgan fingerprint density at radius 2 is 1.62 bits per heavy atom. The molecule has 3 rings (SSSR count). The summed E-state index contributed by atoms with van der Waals surface area (Å²) in [5, 5.41) is 10.1. The highest BCUT2D eigenvalue weighted by molar-refractivity contribution is 5.84. The number of phenols is 1. The molecule has 0 spiro atoms. The SMILES string of the molecule is CCC(C)C(C(=O)N1CCN(c2ccccc2O)CC1)c1ccccc1. The van der Waals surface area contributed by atoms with Gasteiger partial charge in [-0.1, -0.05) is 62.7 Å². The molecule has 26 heavy (non-hydrogen) atoms. The van der Waals surface area contributed by atoms with Gasteiger partial charge >= 0.3 is 0 Å². The first-order chi connectivity index (χ1) is 12.6. The van der Waals surface area contributed by atoms with Crippen LogP contribution in [0.25, 0.3) is 0 Å². The van der Waals surface area contributed by atoms with Crippen LogP contribution >= 0.6 is 0 Å². The molecule has 1 N–H and O–H groups in total. The van der Waals surface area contributed by atoms with Gasteiger partial charge in [0.2, 0.25) is 5.91 Å². The number of phenolic OH excluding ortho intramolecular Hbond substituents is 1. The number of piperazine rings is 1. The highest BCUT2D eigenvalue weighted by Gasteiger charge is 2.31. The van der Waals surface area contributed by atoms with Crippen molar-refractivity contribution < 1.29 is 9.90 Å². The van der Waals surface area contributed by atoms with Crippen LogP contribution in [0.4, 0.5) is 5.69 Å². The van der Waals surface area contributed by atoms with E-state index in [-0.39, 0.29) is 11.8 Å². The Bertz CT molecular complexity index is 724. The minimum Gasteiger partial charge on any atom is -0.506 e. The van der Waals surface area contributed by atoms with E-state index >= 15 is 0 Å². The number of para-hydroxylation sites is 2. The average Bonchev–Trinajstić information content (AvgIpc) is 2.69. The Labute approximate surface area is 156 Å². The van der Waals surface area contributed by atoms with Gasteiger partial charge in [0.1, 0.15) is 5.75 Å². The van der Waals surface area contributed by atoms with Crippen molar-refractivity contribution in [3.8, 4) is 5.75 Å². The van der Waals surface area contributed by atoms with Gasteiger partial charge in [0, 0.05) is 26.2 Å². The number of benzene rings is 2. The number of aromatic hydroxyl groups is 1. The van der Waals surface area contributed by atoms with Crippen LogP contribution in [0, 0.1) is 5.92 Å². The Morgan fingerprint density at radius 3 is 2.23 bits per heavy atom. The third-order valence-corrected chi connectivity index (χ3v) is 5.45. The van der Waals surface area contributed by atoms with Crippen molar-refractivity contribution in [2.45, 2.75) is 26.2 Å². The molecule has 1 heterocycles. The van der Waals surface area contributed by atoms with Crippen LogP contribution in [0.1, 0.15) is 31.7 Å². The van der Waals surface area contributed by atoms with E-state index in [1.807, 2.05) is 41.3 Å². The normalized spacial score (nSPS) is 17.0. The third kappa shape index (κ3) is 3.85. The summed E-state index contributed by atoms with van der Waals surface area (Å²) < 4.78 is 0. The molecular formula is C22H28N2O2. The number of hydrogen-bond donors (Lipinski definition) is 1. The molecule has 138 valence electrons. The molecule has 0 saturated carbocycles. The predicted octanol–water partition coefficient (Wildman–Crippen LogP) is 3.87. The maximum Gasteiger partial charge on any atom is 0.230 e. The first-order valence-electron chi connectivity index (χ1n) is 9.48. The summed E-state index contributed by atoms with van der Waals surface area (Å²) in [5.74, 6) is 0.746. The summed E-state index contributed by atoms with van der Waals surface area (Å²) in [4.78, 5) is 17.4. The van der Waals surface area contributed by atoms with Gasteiger partial charge in [0.15, 0.2) is 0 Å². The maximum atomic E-state index is 13.3. The monoisotopic (exact) mass is 352 g/mol. The van der Waals surface area contributed by atoms with Crippen molar-refractivity contribution in [1.29, 1.82) is 0 Å². The second kappa shape index (κ2) is 8.26. The lowest BCUT2D eigenvalue weighted by Crippen LogP contribution is -2.50. The molecule has 0 bridgehead atoms. The molecule has 1 amide bonds. The van der Waals surface area contributed by atoms with Crippen LogP contribution in [-0.2, 0) is 4.79 Å². The van der Waals surface area contributed by atoms with E-state index in [1.54, 1.807) is 6.07 Å². The summed E-state index contributed by atoms with van der Waals surface area (Å²) in [7, 11) is 0. The quantitative estimate of drug-likeness (QED) is 0.888. The number of carbonyl (C=O) groups excluding carboxylic acids is 1. The van der Waals surface area contributed by atoms with E-state index in [4.69, 9.17) is 0 Å². The molecule has 1 fully saturated rings. The van der Waals surface area contributed by atoms with Gasteiger partial charge in [-0.25, -0.2) is 0 Å². The molecular weight excluding hydrogens is 324 g/mol. The summed E-state index contributed by atoms with van der Waals surface area (Å²) >= 11 is 0. The molecule has 4 nitrogen and oxygen atoms in total. The van der Waals surface area contributed by atoms with Crippen LogP contribution in [-0.4, -0.2) is 42.1 Å². The van der Waals surface area contributed by atoms with Gasteiger partial charge in [0.05, 0.1) is 11.6 Å². The Balaban J connectivity index is 1.71. The molecule has 2 aromatic carbocycles. The standard InChI is InChI=1S/C22H28N2O2/c1-3-17(2)21(18-9-5-4-6-10-18)22(26)24-15-13-23(14-16-24)19-11-7-8-12-20(19)25/h4-12,17,21,25H,3,13-16H2,1-2H3. The summed E-state index contributed by atoms with van der Waals surface area (Å²) in [6, 6.07) is 17.5. The lowest BCUT2D eigenvalue weighted by Gasteiger charge is -2.38. The zero-order valence-corrected chi connectivity index (χ0v) is 15.6. The molecule has 1 aliphatic rings. The van der Waals surface area contributed by atoms with Crippen molar-refractivity contribution in [2.24, 2.45) is 5.92 Å². The molecule has 4 heteroatoms. The number of hydrogen-bond acceptors (Lipinski definition) is 3. The van der Waals surface area contributed by atoms with Crippen LogP contribution in [0.2, 0.25) is 0 Å². The van der Waals surface area contributed by atoms with Gasteiger partial charge in [-0.3, -0.25) is 4.79 Å². The summed E-state index contributed by atoms with van der Waals surface area (Å²) in [5.41, 5.74) is 1.95. The molecule has 1 saturated heterocycles. The van der Waals surface area contributed by atoms with Crippen molar-refractivity contribution >= 4 is 11.6 Å². The molecule has 2 unspecified atom stereocenters. The van der Waals surface area contributed by atoms with Crippen LogP contribution in [0.5, 0.6) is 5.75 Å². The zero-order chi connectivity index (χ0) is 18.5. The van der Waals surface area contributed by atoms with E-state index in [0.717, 1.165) is 30.8 Å². The van der Waals surface area contributed by atoms with Crippen molar-refractivity contribution in [2.75, 3.05) is 31.1 Å². The molecule has 1 aliphatic heterocycles. The summed E-state index contributed by atoms with van der Waals surface area (Å²) in [6.45, 7) is 7.16. The third-order valence-electron chi connectivity index (χ3n) is 5.45. The van der Waals surface area contributed by atoms with Crippen molar-refractivity contribution in [3.63, 3.8) is 0 Å². The van der Waals surface area contributed by atoms with E-state index in [1.165, 1.54) is 0 Å². The summed E-state index contributed by atoms with van der Waals surface area (Å²) in [6.07, 6.45) is 0.975. The molecule has 0 aromatic heterocycles. The second-order valence-corrected chi connectivity index (χ2v) is 7.07. The van der Waals surface area contributed by atoms with E-state index < -0.39 is 0 Å². The van der Waals surface area contributed by atoms with Crippen molar-refractivity contribution in [1.82, 2.24) is 4.90 Å². The average molecular weight is 352 g/mol. The fourth-order valence-electron chi connectivity index (χ4n) is 3.71. The Kier molecular flexibility index (Phi) is 5.82. The van der Waals surface area contributed by atoms with Crippen LogP contribution in [0.3, 0.4) is 0 Å². The Hall–Kier alpha value is -2.49. The highest BCUT2D eigenvalue weighted by atomic mass is 16.3. The number of carbonyl (C=O) groups is 1. The topological polar surface area (TPSA) is 43.8 Å². The first-order valence-corrected chi connectivity index (χ1v) is 9.48. The molecule has 0 aliphatic carbocycles. The zero-order valence-electron chi connectivity index (χ0n) is 15.6. The minimum absolute atomic E-state index is 0.0853. The minimum atomic E-state index is -0.0853. The molecule has 0 radical (unpaired) electrons. The molecule has 2 atom stereocenters. The largest absolute Gasteiger partial charge is 0.506 e. The molecule has 2 aromatic rings. The smallest absolute Gasteiger partial charge is 0.230 e. The number of anilines is 1. The predicted molar refractivity (Wildman–Crippen MR) is 106 cm³/mol. The van der Waals surface area contributed by atoms with Crippen LogP contribution in [0.15, 0.2) is 54.6 Å². The lowest BCUT2D eigenvalue weighted by molar-refractivity contribution is -0.134. The van der Waals surface area contributed by atoms with Crippen LogP contribution < -0.4 is 4.90 Å². The van der Waals surface area contributed by atoms with Gasteiger partial charge in [-0.05, 0) is 23.6 Å². The van der Waals surface area contributed by atoms with Gasteiger partial charge in [0.25, 0.3) is 0 Å². The number of nitrogens with zero attached hydrogens (tertiary/aromatic N) is 2. The van der Waals surface area contributed by atoms with E-state index in [2.05, 4.69) is 30.9 Å². The first kappa shape index (κ1) is 18.3. The van der Waals surface area contributed by atoms with Gasteiger partial charge in [-0.15, -0.1) is 0 Å². The highest BCUT2D eigenvalue weighted by Crippen LogP contribution is 2.31. The number of rotatable bonds is 5. The van der Waals surface area contributed by atoms with Gasteiger partial charge in [-0.2, -0.15) is 0 Å². The lowest BCUT2D eigenvalue weighted by atomic mass is 9.84. The number of amides is 1. The fourth-order valence-corrected chi connectivity index (χ4v) is 3.71. The van der Waals surface area contributed by atoms with E-state index in [0.29, 0.717) is 24.8 Å². The van der Waals surface area contributed by atoms with E-state index in [9.17, 15) is 9.90 Å². The maximum absolute atomic E-state index is 13.3. The fraction of sp³-hybridized carbons (Fsp3) is 0.409. The Morgan fingerprint density at radius 1 is 1.00 bits per heavy atom. The van der Waals surface area contributed by atoms with Crippen molar-refractivity contribution in [3.05, 3.63) is 60.2 Å².